The number of carbonyl (C=O) groups excluding carboxylic acids is 1. The van der Waals surface area contributed by atoms with Gasteiger partial charge in [-0.15, -0.1) is 0 Å². The summed E-state index contributed by atoms with van der Waals surface area (Å²) >= 11 is 3.46. The number of nitrogens with zero attached hydrogens (tertiary/aromatic N) is 2. The van der Waals surface area contributed by atoms with Crippen molar-refractivity contribution in [2.24, 2.45) is 0 Å². The topological polar surface area (TPSA) is 46.9 Å². The van der Waals surface area contributed by atoms with Crippen molar-refractivity contribution in [3.8, 4) is 16.9 Å². The van der Waals surface area contributed by atoms with Gasteiger partial charge in [0, 0.05) is 21.7 Å². The number of benzene rings is 3. The molecular weight excluding hydrogens is 414 g/mol. The quantitative estimate of drug-likeness (QED) is 0.439. The predicted octanol–water partition coefficient (Wildman–Crippen LogP) is 5.86. The van der Waals surface area contributed by atoms with E-state index in [0.29, 0.717) is 11.4 Å². The Bertz CT molecular complexity index is 1120. The molecule has 1 heterocycles. The second kappa shape index (κ2) is 7.82. The molecule has 28 heavy (non-hydrogen) atoms. The van der Waals surface area contributed by atoms with Crippen LogP contribution in [0.15, 0.2) is 89.4 Å². The summed E-state index contributed by atoms with van der Waals surface area (Å²) in [6.45, 7) is 1.97. The summed E-state index contributed by atoms with van der Waals surface area (Å²) in [5, 5.41) is 7.74. The molecule has 0 fully saturated rings. The zero-order chi connectivity index (χ0) is 19.5. The summed E-state index contributed by atoms with van der Waals surface area (Å²) in [7, 11) is 0. The monoisotopic (exact) mass is 431 g/mol. The molecule has 138 valence electrons. The molecule has 0 unspecified atom stereocenters. The largest absolute Gasteiger partial charge is 0.306 e. The third kappa shape index (κ3) is 3.89. The molecule has 5 heteroatoms. The highest BCUT2D eigenvalue weighted by Crippen LogP contribution is 2.26. The van der Waals surface area contributed by atoms with Crippen molar-refractivity contribution in [2.75, 3.05) is 5.32 Å². The second-order valence-electron chi connectivity index (χ2n) is 6.49. The third-order valence-electron chi connectivity index (χ3n) is 4.37. The molecule has 4 rings (SSSR count). The van der Waals surface area contributed by atoms with Crippen LogP contribution in [-0.4, -0.2) is 15.7 Å². The van der Waals surface area contributed by atoms with Crippen molar-refractivity contribution in [3.63, 3.8) is 0 Å². The first kappa shape index (κ1) is 18.2. The van der Waals surface area contributed by atoms with Crippen molar-refractivity contribution in [1.82, 2.24) is 9.78 Å². The zero-order valence-electron chi connectivity index (χ0n) is 15.3. The lowest BCUT2D eigenvalue weighted by Gasteiger charge is -2.09. The Morgan fingerprint density at radius 2 is 1.68 bits per heavy atom. The van der Waals surface area contributed by atoms with E-state index in [4.69, 9.17) is 5.10 Å². The minimum atomic E-state index is -0.165. The van der Waals surface area contributed by atoms with Crippen molar-refractivity contribution < 1.29 is 4.79 Å². The van der Waals surface area contributed by atoms with Crippen LogP contribution in [0.5, 0.6) is 0 Å². The van der Waals surface area contributed by atoms with Gasteiger partial charge in [-0.25, -0.2) is 4.68 Å². The van der Waals surface area contributed by atoms with Crippen LogP contribution in [0.1, 0.15) is 15.9 Å². The van der Waals surface area contributed by atoms with Crippen molar-refractivity contribution in [1.29, 1.82) is 0 Å². The van der Waals surface area contributed by atoms with Gasteiger partial charge in [-0.3, -0.25) is 4.79 Å². The first-order chi connectivity index (χ1) is 13.6. The van der Waals surface area contributed by atoms with Crippen LogP contribution >= 0.6 is 15.9 Å². The summed E-state index contributed by atoms with van der Waals surface area (Å²) in [4.78, 5) is 12.8. The number of hydrogen-bond acceptors (Lipinski definition) is 2. The molecule has 1 N–H and O–H groups in total. The second-order valence-corrected chi connectivity index (χ2v) is 7.41. The molecule has 4 aromatic rings. The van der Waals surface area contributed by atoms with Crippen LogP contribution in [0.2, 0.25) is 0 Å². The number of carbonyl (C=O) groups is 1. The van der Waals surface area contributed by atoms with Crippen molar-refractivity contribution in [3.05, 3.63) is 101 Å². The van der Waals surface area contributed by atoms with E-state index < -0.39 is 0 Å². The highest BCUT2D eigenvalue weighted by molar-refractivity contribution is 9.10. The first-order valence-electron chi connectivity index (χ1n) is 8.89. The molecule has 0 bridgehead atoms. The standard InChI is InChI=1S/C23H18BrN3O/c1-16-6-5-9-18(14-16)23(28)25-22-15-21(17-7-3-2-4-8-17)26-27(22)20-12-10-19(24)11-13-20/h2-15H,1H3,(H,25,28). The summed E-state index contributed by atoms with van der Waals surface area (Å²) in [5.74, 6) is 0.453. The van der Waals surface area contributed by atoms with Gasteiger partial charge in [0.05, 0.1) is 11.4 Å². The number of aryl methyl sites for hydroxylation is 1. The van der Waals surface area contributed by atoms with Crippen molar-refractivity contribution in [2.45, 2.75) is 6.92 Å². The van der Waals surface area contributed by atoms with E-state index in [1.807, 2.05) is 85.8 Å². The lowest BCUT2D eigenvalue weighted by molar-refractivity contribution is 0.102. The molecule has 0 aliphatic heterocycles. The number of nitrogens with one attached hydrogen (secondary N) is 1. The Morgan fingerprint density at radius 3 is 2.39 bits per heavy atom. The van der Waals surface area contributed by atoms with Gasteiger partial charge in [0.15, 0.2) is 0 Å². The van der Waals surface area contributed by atoms with E-state index >= 15 is 0 Å². The Balaban J connectivity index is 1.75. The lowest BCUT2D eigenvalue weighted by atomic mass is 10.1. The third-order valence-corrected chi connectivity index (χ3v) is 4.90. The average molecular weight is 432 g/mol. The van der Waals surface area contributed by atoms with E-state index in [2.05, 4.69) is 21.2 Å². The van der Waals surface area contributed by atoms with E-state index in [1.54, 1.807) is 10.7 Å². The van der Waals surface area contributed by atoms with Crippen LogP contribution in [0, 0.1) is 6.92 Å². The maximum atomic E-state index is 12.8. The Kier molecular flexibility index (Phi) is 5.08. The number of halogens is 1. The molecule has 4 nitrogen and oxygen atoms in total. The minimum absolute atomic E-state index is 0.165. The molecular formula is C23H18BrN3O. The highest BCUT2D eigenvalue weighted by Gasteiger charge is 2.15. The fourth-order valence-corrected chi connectivity index (χ4v) is 3.24. The van der Waals surface area contributed by atoms with Gasteiger partial charge in [-0.05, 0) is 43.3 Å². The first-order valence-corrected chi connectivity index (χ1v) is 9.69. The number of hydrogen-bond donors (Lipinski definition) is 1. The number of aromatic nitrogens is 2. The Labute approximate surface area is 172 Å². The predicted molar refractivity (Wildman–Crippen MR) is 116 cm³/mol. The molecule has 0 saturated heterocycles. The Hall–Kier alpha value is -3.18. The number of amides is 1. The van der Waals surface area contributed by atoms with Gasteiger partial charge in [0.25, 0.3) is 5.91 Å². The number of anilines is 1. The Morgan fingerprint density at radius 1 is 0.929 bits per heavy atom. The smallest absolute Gasteiger partial charge is 0.256 e. The van der Waals surface area contributed by atoms with E-state index in [9.17, 15) is 4.79 Å². The lowest BCUT2D eigenvalue weighted by Crippen LogP contribution is -2.15. The van der Waals surface area contributed by atoms with Gasteiger partial charge < -0.3 is 5.32 Å². The van der Waals surface area contributed by atoms with Crippen LogP contribution in [0.25, 0.3) is 16.9 Å². The average Bonchev–Trinajstić information content (AvgIpc) is 3.13. The minimum Gasteiger partial charge on any atom is -0.306 e. The summed E-state index contributed by atoms with van der Waals surface area (Å²) < 4.78 is 2.74. The molecule has 0 aliphatic rings. The SMILES string of the molecule is Cc1cccc(C(=O)Nc2cc(-c3ccccc3)nn2-c2ccc(Br)cc2)c1. The maximum Gasteiger partial charge on any atom is 0.256 e. The summed E-state index contributed by atoms with van der Waals surface area (Å²) in [6, 6.07) is 27.1. The molecule has 1 aromatic heterocycles. The van der Waals surface area contributed by atoms with E-state index in [0.717, 1.165) is 27.0 Å². The number of rotatable bonds is 4. The van der Waals surface area contributed by atoms with Crippen molar-refractivity contribution >= 4 is 27.7 Å². The molecule has 0 spiro atoms. The molecule has 0 atom stereocenters. The van der Waals surface area contributed by atoms with Crippen LogP contribution in [-0.2, 0) is 0 Å². The van der Waals surface area contributed by atoms with Gasteiger partial charge in [0.2, 0.25) is 0 Å². The molecule has 0 aliphatic carbocycles. The highest BCUT2D eigenvalue weighted by atomic mass is 79.9. The zero-order valence-corrected chi connectivity index (χ0v) is 16.8. The molecule has 0 radical (unpaired) electrons. The van der Waals surface area contributed by atoms with E-state index in [-0.39, 0.29) is 5.91 Å². The fraction of sp³-hybridized carbons (Fsp3) is 0.0435. The molecule has 0 saturated carbocycles. The molecule has 1 amide bonds. The summed E-state index contributed by atoms with van der Waals surface area (Å²) in [6.07, 6.45) is 0. The normalized spacial score (nSPS) is 10.6. The van der Waals surface area contributed by atoms with Gasteiger partial charge in [0.1, 0.15) is 5.82 Å². The van der Waals surface area contributed by atoms with Crippen LogP contribution in [0.3, 0.4) is 0 Å². The van der Waals surface area contributed by atoms with Gasteiger partial charge in [-0.1, -0.05) is 64.0 Å². The van der Waals surface area contributed by atoms with E-state index in [1.165, 1.54) is 0 Å². The van der Waals surface area contributed by atoms with Crippen LogP contribution in [0.4, 0.5) is 5.82 Å². The van der Waals surface area contributed by atoms with Gasteiger partial charge >= 0.3 is 0 Å². The van der Waals surface area contributed by atoms with Gasteiger partial charge in [-0.2, -0.15) is 5.10 Å². The van der Waals surface area contributed by atoms with Crippen LogP contribution < -0.4 is 5.32 Å². The molecule has 3 aromatic carbocycles. The fourth-order valence-electron chi connectivity index (χ4n) is 2.97. The maximum absolute atomic E-state index is 12.8. The summed E-state index contributed by atoms with van der Waals surface area (Å²) in [5.41, 5.74) is 4.31.